The quantitative estimate of drug-likeness (QED) is 0.437. The number of carbonyl (C=O) groups excluding carboxylic acids is 2. The topological polar surface area (TPSA) is 77.5 Å². The van der Waals surface area contributed by atoms with Gasteiger partial charge in [-0.25, -0.2) is 9.37 Å². The molecule has 1 heterocycles. The van der Waals surface area contributed by atoms with Crippen LogP contribution in [-0.4, -0.2) is 35.8 Å². The number of carbonyl (C=O) groups is 2. The molecule has 3 aromatic rings. The third-order valence-electron chi connectivity index (χ3n) is 3.47. The van der Waals surface area contributed by atoms with E-state index in [-0.39, 0.29) is 24.1 Å². The van der Waals surface area contributed by atoms with Crippen LogP contribution in [-0.2, 0) is 14.3 Å². The zero-order chi connectivity index (χ0) is 19.9. The summed E-state index contributed by atoms with van der Waals surface area (Å²) in [5.41, 5.74) is 1.36. The number of nitrogens with one attached hydrogen (secondary N) is 1. The van der Waals surface area contributed by atoms with Crippen LogP contribution in [0.1, 0.15) is 6.92 Å². The van der Waals surface area contributed by atoms with Gasteiger partial charge in [-0.2, -0.15) is 0 Å². The third-order valence-corrected chi connectivity index (χ3v) is 5.60. The number of rotatable bonds is 8. The van der Waals surface area contributed by atoms with E-state index in [4.69, 9.17) is 9.47 Å². The zero-order valence-corrected chi connectivity index (χ0v) is 16.6. The summed E-state index contributed by atoms with van der Waals surface area (Å²) in [6.07, 6.45) is 0. The Bertz CT molecular complexity index is 993. The van der Waals surface area contributed by atoms with Crippen molar-refractivity contribution >= 4 is 50.9 Å². The van der Waals surface area contributed by atoms with Gasteiger partial charge in [-0.1, -0.05) is 23.9 Å². The van der Waals surface area contributed by atoms with Crippen molar-refractivity contribution in [1.82, 2.24) is 4.98 Å². The Hall–Kier alpha value is -2.65. The van der Waals surface area contributed by atoms with E-state index in [0.29, 0.717) is 12.3 Å². The van der Waals surface area contributed by atoms with Crippen LogP contribution in [0.5, 0.6) is 5.75 Å². The SMILES string of the molecule is CCOC(=O)CSc1nc2ccc(NC(=O)COc3ccccc3F)cc2s1. The number of ether oxygens (including phenoxy) is 2. The van der Waals surface area contributed by atoms with Gasteiger partial charge in [-0.05, 0) is 37.3 Å². The summed E-state index contributed by atoms with van der Waals surface area (Å²) < 4.78 is 25.2. The summed E-state index contributed by atoms with van der Waals surface area (Å²) >= 11 is 2.73. The monoisotopic (exact) mass is 420 g/mol. The van der Waals surface area contributed by atoms with Crippen molar-refractivity contribution in [1.29, 1.82) is 0 Å². The summed E-state index contributed by atoms with van der Waals surface area (Å²) in [6.45, 7) is 1.81. The Morgan fingerprint density at radius 3 is 2.86 bits per heavy atom. The van der Waals surface area contributed by atoms with Crippen LogP contribution in [0.25, 0.3) is 10.2 Å². The number of aromatic nitrogens is 1. The second-order valence-electron chi connectivity index (χ2n) is 5.52. The van der Waals surface area contributed by atoms with Crippen molar-refractivity contribution in [2.75, 3.05) is 24.3 Å². The Labute approximate surface area is 169 Å². The maximum atomic E-state index is 13.5. The minimum absolute atomic E-state index is 0.0267. The first kappa shape index (κ1) is 20.1. The van der Waals surface area contributed by atoms with Crippen molar-refractivity contribution in [2.45, 2.75) is 11.3 Å². The van der Waals surface area contributed by atoms with Gasteiger partial charge in [0, 0.05) is 5.69 Å². The fourth-order valence-electron chi connectivity index (χ4n) is 2.27. The Morgan fingerprint density at radius 2 is 2.07 bits per heavy atom. The van der Waals surface area contributed by atoms with E-state index in [9.17, 15) is 14.0 Å². The number of amides is 1. The van der Waals surface area contributed by atoms with Gasteiger partial charge >= 0.3 is 5.97 Å². The van der Waals surface area contributed by atoms with Crippen LogP contribution in [0.4, 0.5) is 10.1 Å². The molecule has 3 rings (SSSR count). The lowest BCUT2D eigenvalue weighted by Gasteiger charge is -2.08. The summed E-state index contributed by atoms with van der Waals surface area (Å²) in [5, 5.41) is 2.71. The number of fused-ring (bicyclic) bond motifs is 1. The highest BCUT2D eigenvalue weighted by Crippen LogP contribution is 2.31. The van der Waals surface area contributed by atoms with Gasteiger partial charge in [0.15, 0.2) is 22.5 Å². The molecule has 1 aromatic heterocycles. The number of para-hydroxylation sites is 1. The van der Waals surface area contributed by atoms with Gasteiger partial charge in [-0.3, -0.25) is 9.59 Å². The maximum absolute atomic E-state index is 13.5. The average molecular weight is 420 g/mol. The molecular weight excluding hydrogens is 403 g/mol. The van der Waals surface area contributed by atoms with Crippen LogP contribution in [0.3, 0.4) is 0 Å². The molecule has 0 bridgehead atoms. The standard InChI is InChI=1S/C19H17FN2O4S2/c1-2-25-18(24)11-27-19-22-14-8-7-12(9-16(14)28-19)21-17(23)10-26-15-6-4-3-5-13(15)20/h3-9H,2,10-11H2,1H3,(H,21,23). The van der Waals surface area contributed by atoms with E-state index in [0.717, 1.165) is 14.6 Å². The van der Waals surface area contributed by atoms with Gasteiger partial charge in [0.2, 0.25) is 0 Å². The molecule has 0 spiro atoms. The molecule has 0 radical (unpaired) electrons. The fraction of sp³-hybridized carbons (Fsp3) is 0.211. The number of anilines is 1. The van der Waals surface area contributed by atoms with E-state index in [1.165, 1.54) is 35.2 Å². The first-order chi connectivity index (χ1) is 13.5. The number of halogens is 1. The van der Waals surface area contributed by atoms with Crippen molar-refractivity contribution in [2.24, 2.45) is 0 Å². The predicted octanol–water partition coefficient (Wildman–Crippen LogP) is 4.11. The van der Waals surface area contributed by atoms with E-state index in [2.05, 4.69) is 10.3 Å². The van der Waals surface area contributed by atoms with Crippen LogP contribution in [0.2, 0.25) is 0 Å². The molecule has 0 saturated heterocycles. The molecule has 2 aromatic carbocycles. The number of nitrogens with zero attached hydrogens (tertiary/aromatic N) is 1. The highest BCUT2D eigenvalue weighted by atomic mass is 32.2. The van der Waals surface area contributed by atoms with Crippen molar-refractivity contribution < 1.29 is 23.5 Å². The number of hydrogen-bond donors (Lipinski definition) is 1. The molecule has 0 aliphatic rings. The largest absolute Gasteiger partial charge is 0.481 e. The van der Waals surface area contributed by atoms with Crippen LogP contribution in [0, 0.1) is 5.82 Å². The van der Waals surface area contributed by atoms with Gasteiger partial charge in [-0.15, -0.1) is 11.3 Å². The highest BCUT2D eigenvalue weighted by Gasteiger charge is 2.11. The number of esters is 1. The van der Waals surface area contributed by atoms with Crippen LogP contribution >= 0.6 is 23.1 Å². The molecule has 146 valence electrons. The van der Waals surface area contributed by atoms with Crippen molar-refractivity contribution in [3.63, 3.8) is 0 Å². The molecule has 0 aliphatic heterocycles. The zero-order valence-electron chi connectivity index (χ0n) is 14.9. The molecule has 0 saturated carbocycles. The first-order valence-electron chi connectivity index (χ1n) is 8.41. The minimum atomic E-state index is -0.519. The lowest BCUT2D eigenvalue weighted by molar-refractivity contribution is -0.139. The third kappa shape index (κ3) is 5.43. The molecule has 0 fully saturated rings. The van der Waals surface area contributed by atoms with Gasteiger partial charge < -0.3 is 14.8 Å². The van der Waals surface area contributed by atoms with E-state index >= 15 is 0 Å². The number of benzene rings is 2. The normalized spacial score (nSPS) is 10.6. The lowest BCUT2D eigenvalue weighted by atomic mass is 10.3. The van der Waals surface area contributed by atoms with E-state index in [1.807, 2.05) is 0 Å². The molecule has 0 aliphatic carbocycles. The fourth-order valence-corrected chi connectivity index (χ4v) is 4.17. The Balaban J connectivity index is 1.58. The summed E-state index contributed by atoms with van der Waals surface area (Å²) in [4.78, 5) is 27.9. The molecule has 1 amide bonds. The molecule has 28 heavy (non-hydrogen) atoms. The van der Waals surface area contributed by atoms with Crippen LogP contribution < -0.4 is 10.1 Å². The van der Waals surface area contributed by atoms with Gasteiger partial charge in [0.25, 0.3) is 5.91 Å². The Kier molecular flexibility index (Phi) is 6.83. The lowest BCUT2D eigenvalue weighted by Crippen LogP contribution is -2.20. The first-order valence-corrected chi connectivity index (χ1v) is 10.2. The average Bonchev–Trinajstić information content (AvgIpc) is 3.08. The van der Waals surface area contributed by atoms with E-state index < -0.39 is 11.7 Å². The molecule has 0 atom stereocenters. The Morgan fingerprint density at radius 1 is 1.25 bits per heavy atom. The summed E-state index contributed by atoms with van der Waals surface area (Å²) in [6, 6.07) is 11.2. The van der Waals surface area contributed by atoms with Crippen molar-refractivity contribution in [3.8, 4) is 5.75 Å². The number of thioether (sulfide) groups is 1. The molecule has 9 heteroatoms. The molecular formula is C19H17FN2O4S2. The van der Waals surface area contributed by atoms with E-state index in [1.54, 1.807) is 37.3 Å². The van der Waals surface area contributed by atoms with Gasteiger partial charge in [0.1, 0.15) is 0 Å². The van der Waals surface area contributed by atoms with Crippen molar-refractivity contribution in [3.05, 3.63) is 48.3 Å². The highest BCUT2D eigenvalue weighted by molar-refractivity contribution is 8.01. The van der Waals surface area contributed by atoms with Gasteiger partial charge in [0.05, 0.1) is 22.6 Å². The number of thiazole rings is 1. The maximum Gasteiger partial charge on any atom is 0.316 e. The molecule has 6 nitrogen and oxygen atoms in total. The van der Waals surface area contributed by atoms with Crippen LogP contribution in [0.15, 0.2) is 46.8 Å². The second kappa shape index (κ2) is 9.52. The summed E-state index contributed by atoms with van der Waals surface area (Å²) in [5.74, 6) is -0.975. The minimum Gasteiger partial charge on any atom is -0.481 e. The molecule has 0 unspecified atom stereocenters. The smallest absolute Gasteiger partial charge is 0.316 e. The summed E-state index contributed by atoms with van der Waals surface area (Å²) in [7, 11) is 0. The molecule has 1 N–H and O–H groups in total. The predicted molar refractivity (Wildman–Crippen MR) is 108 cm³/mol. The second-order valence-corrected chi connectivity index (χ2v) is 7.78. The number of hydrogen-bond acceptors (Lipinski definition) is 7.